The number of rotatable bonds is 7. The van der Waals surface area contributed by atoms with E-state index in [9.17, 15) is 0 Å². The van der Waals surface area contributed by atoms with Gasteiger partial charge in [-0.05, 0) is 30.2 Å². The number of hydrogen-bond acceptors (Lipinski definition) is 2. The minimum Gasteiger partial charge on any atom is -0.374 e. The lowest BCUT2D eigenvalue weighted by molar-refractivity contribution is 0.722. The van der Waals surface area contributed by atoms with Gasteiger partial charge in [0.15, 0.2) is 0 Å². The van der Waals surface area contributed by atoms with Crippen LogP contribution in [0.2, 0.25) is 0 Å². The number of nitrogens with zero attached hydrogens (tertiary/aromatic N) is 1. The van der Waals surface area contributed by atoms with Crippen molar-refractivity contribution in [2.45, 2.75) is 19.9 Å². The van der Waals surface area contributed by atoms with Crippen LogP contribution >= 0.6 is 0 Å². The molecule has 0 aliphatic rings. The molecule has 0 fully saturated rings. The average Bonchev–Trinajstić information content (AvgIpc) is 2.52. The largest absolute Gasteiger partial charge is 0.374 e. The lowest BCUT2D eigenvalue weighted by Gasteiger charge is -2.22. The van der Waals surface area contributed by atoms with Crippen molar-refractivity contribution in [1.29, 1.82) is 0 Å². The zero-order valence-corrected chi connectivity index (χ0v) is 12.5. The number of nitrogens with one attached hydrogen (secondary N) is 1. The smallest absolute Gasteiger partial charge is 0.0409 e. The molecule has 0 saturated carbocycles. The van der Waals surface area contributed by atoms with E-state index in [1.54, 1.807) is 0 Å². The second-order valence-electron chi connectivity index (χ2n) is 5.07. The van der Waals surface area contributed by atoms with Gasteiger partial charge in [-0.1, -0.05) is 55.5 Å². The molecule has 0 spiro atoms. The Morgan fingerprint density at radius 3 is 2.40 bits per heavy atom. The van der Waals surface area contributed by atoms with Gasteiger partial charge >= 0.3 is 0 Å². The second-order valence-corrected chi connectivity index (χ2v) is 5.07. The SMILES string of the molecule is CCNCc1ccccc1N(C)CCc1ccccc1. The molecule has 0 atom stereocenters. The fourth-order valence-corrected chi connectivity index (χ4v) is 2.35. The van der Waals surface area contributed by atoms with Gasteiger partial charge in [-0.3, -0.25) is 0 Å². The second kappa shape index (κ2) is 7.71. The van der Waals surface area contributed by atoms with Crippen LogP contribution in [-0.4, -0.2) is 20.1 Å². The molecular weight excluding hydrogens is 244 g/mol. The quantitative estimate of drug-likeness (QED) is 0.827. The summed E-state index contributed by atoms with van der Waals surface area (Å²) in [4.78, 5) is 2.35. The first-order valence-corrected chi connectivity index (χ1v) is 7.35. The zero-order chi connectivity index (χ0) is 14.2. The molecule has 0 heterocycles. The molecule has 2 nitrogen and oxygen atoms in total. The fraction of sp³-hybridized carbons (Fsp3) is 0.333. The van der Waals surface area contributed by atoms with Crippen LogP contribution in [-0.2, 0) is 13.0 Å². The fourth-order valence-electron chi connectivity index (χ4n) is 2.35. The van der Waals surface area contributed by atoms with E-state index in [2.05, 4.69) is 78.8 Å². The van der Waals surface area contributed by atoms with Gasteiger partial charge < -0.3 is 10.2 Å². The van der Waals surface area contributed by atoms with E-state index in [1.807, 2.05) is 0 Å². The van der Waals surface area contributed by atoms with Crippen LogP contribution in [0, 0.1) is 0 Å². The number of hydrogen-bond donors (Lipinski definition) is 1. The lowest BCUT2D eigenvalue weighted by atomic mass is 10.1. The van der Waals surface area contributed by atoms with Crippen molar-refractivity contribution >= 4 is 5.69 Å². The Balaban J connectivity index is 1.99. The van der Waals surface area contributed by atoms with Crippen LogP contribution in [0.1, 0.15) is 18.1 Å². The molecule has 0 aliphatic carbocycles. The maximum absolute atomic E-state index is 3.41. The predicted octanol–water partition coefficient (Wildman–Crippen LogP) is 3.48. The molecule has 0 amide bonds. The molecule has 0 aromatic heterocycles. The Kier molecular flexibility index (Phi) is 5.63. The third kappa shape index (κ3) is 4.10. The van der Waals surface area contributed by atoms with E-state index in [-0.39, 0.29) is 0 Å². The van der Waals surface area contributed by atoms with Gasteiger partial charge in [-0.25, -0.2) is 0 Å². The maximum atomic E-state index is 3.41. The minimum atomic E-state index is 0.933. The first-order valence-electron chi connectivity index (χ1n) is 7.35. The minimum absolute atomic E-state index is 0.933. The molecule has 0 radical (unpaired) electrons. The molecule has 2 rings (SSSR count). The van der Waals surface area contributed by atoms with Crippen LogP contribution < -0.4 is 10.2 Å². The molecule has 106 valence electrons. The van der Waals surface area contributed by atoms with Crippen molar-refractivity contribution in [1.82, 2.24) is 5.32 Å². The van der Waals surface area contributed by atoms with Crippen LogP contribution in [0.15, 0.2) is 54.6 Å². The molecule has 2 heteroatoms. The maximum Gasteiger partial charge on any atom is 0.0409 e. The van der Waals surface area contributed by atoms with E-state index in [0.717, 1.165) is 26.1 Å². The van der Waals surface area contributed by atoms with Crippen molar-refractivity contribution in [2.24, 2.45) is 0 Å². The monoisotopic (exact) mass is 268 g/mol. The Morgan fingerprint density at radius 2 is 1.65 bits per heavy atom. The topological polar surface area (TPSA) is 15.3 Å². The van der Waals surface area contributed by atoms with Gasteiger partial charge in [0.1, 0.15) is 0 Å². The summed E-state index contributed by atoms with van der Waals surface area (Å²) in [5, 5.41) is 3.41. The summed E-state index contributed by atoms with van der Waals surface area (Å²) in [7, 11) is 2.17. The summed E-state index contributed by atoms with van der Waals surface area (Å²) in [6.45, 7) is 5.11. The van der Waals surface area contributed by atoms with Crippen molar-refractivity contribution < 1.29 is 0 Å². The van der Waals surface area contributed by atoms with Crippen LogP contribution in [0.5, 0.6) is 0 Å². The number of para-hydroxylation sites is 1. The van der Waals surface area contributed by atoms with E-state index in [4.69, 9.17) is 0 Å². The molecule has 2 aromatic carbocycles. The summed E-state index contributed by atoms with van der Waals surface area (Å²) in [5.74, 6) is 0. The van der Waals surface area contributed by atoms with Gasteiger partial charge in [0.25, 0.3) is 0 Å². The molecular formula is C18H24N2. The Bertz CT molecular complexity index is 508. The molecule has 1 N–H and O–H groups in total. The normalized spacial score (nSPS) is 10.5. The summed E-state index contributed by atoms with van der Waals surface area (Å²) in [6.07, 6.45) is 1.08. The van der Waals surface area contributed by atoms with Crippen LogP contribution in [0.25, 0.3) is 0 Å². The number of benzene rings is 2. The average molecular weight is 268 g/mol. The Morgan fingerprint density at radius 1 is 0.950 bits per heavy atom. The molecule has 2 aromatic rings. The lowest BCUT2D eigenvalue weighted by Crippen LogP contribution is -2.23. The van der Waals surface area contributed by atoms with E-state index in [1.165, 1.54) is 16.8 Å². The van der Waals surface area contributed by atoms with Crippen molar-refractivity contribution in [3.63, 3.8) is 0 Å². The number of likely N-dealkylation sites (N-methyl/N-ethyl adjacent to an activating group) is 1. The highest BCUT2D eigenvalue weighted by Gasteiger charge is 2.06. The summed E-state index contributed by atoms with van der Waals surface area (Å²) < 4.78 is 0. The molecule has 0 unspecified atom stereocenters. The van der Waals surface area contributed by atoms with Gasteiger partial charge in [-0.15, -0.1) is 0 Å². The van der Waals surface area contributed by atoms with Crippen LogP contribution in [0.3, 0.4) is 0 Å². The van der Waals surface area contributed by atoms with E-state index in [0.29, 0.717) is 0 Å². The molecule has 0 saturated heterocycles. The highest BCUT2D eigenvalue weighted by atomic mass is 15.1. The third-order valence-corrected chi connectivity index (χ3v) is 3.55. The Hall–Kier alpha value is -1.80. The van der Waals surface area contributed by atoms with Crippen molar-refractivity contribution in [3.05, 3.63) is 65.7 Å². The van der Waals surface area contributed by atoms with Gasteiger partial charge in [0, 0.05) is 25.8 Å². The molecule has 0 bridgehead atoms. The van der Waals surface area contributed by atoms with Crippen molar-refractivity contribution in [3.8, 4) is 0 Å². The zero-order valence-electron chi connectivity index (χ0n) is 12.5. The summed E-state index contributed by atoms with van der Waals surface area (Å²) in [6, 6.07) is 19.3. The molecule has 20 heavy (non-hydrogen) atoms. The predicted molar refractivity (Wildman–Crippen MR) is 87.2 cm³/mol. The van der Waals surface area contributed by atoms with Crippen molar-refractivity contribution in [2.75, 3.05) is 25.0 Å². The number of anilines is 1. The van der Waals surface area contributed by atoms with Crippen LogP contribution in [0.4, 0.5) is 5.69 Å². The summed E-state index contributed by atoms with van der Waals surface area (Å²) in [5.41, 5.74) is 4.08. The van der Waals surface area contributed by atoms with E-state index >= 15 is 0 Å². The molecule has 0 aliphatic heterocycles. The Labute approximate surface area is 122 Å². The highest BCUT2D eigenvalue weighted by Crippen LogP contribution is 2.19. The van der Waals surface area contributed by atoms with E-state index < -0.39 is 0 Å². The third-order valence-electron chi connectivity index (χ3n) is 3.55. The van der Waals surface area contributed by atoms with Gasteiger partial charge in [0.05, 0.1) is 0 Å². The first-order chi connectivity index (χ1) is 9.81. The van der Waals surface area contributed by atoms with Gasteiger partial charge in [-0.2, -0.15) is 0 Å². The first kappa shape index (κ1) is 14.6. The standard InChI is InChI=1S/C18H24N2/c1-3-19-15-17-11-7-8-12-18(17)20(2)14-13-16-9-5-4-6-10-16/h4-12,19H,3,13-15H2,1-2H3. The highest BCUT2D eigenvalue weighted by molar-refractivity contribution is 5.53. The summed E-state index contributed by atoms with van der Waals surface area (Å²) >= 11 is 0. The van der Waals surface area contributed by atoms with Gasteiger partial charge in [0.2, 0.25) is 0 Å².